The molecule has 0 amide bonds. The monoisotopic (exact) mass is 351 g/mol. The molecule has 2 N–H and O–H groups in total. The molecular weight excluding hydrogens is 322 g/mol. The van der Waals surface area contributed by atoms with Crippen molar-refractivity contribution < 1.29 is 9.84 Å². The molecule has 138 valence electrons. The zero-order valence-corrected chi connectivity index (χ0v) is 16.2. The van der Waals surface area contributed by atoms with Crippen LogP contribution in [-0.2, 0) is 10.2 Å². The largest absolute Gasteiger partial charge is 0.508 e. The first-order chi connectivity index (χ1) is 12.3. The maximum Gasteiger partial charge on any atom is 0.118 e. The summed E-state index contributed by atoms with van der Waals surface area (Å²) in [5.74, 6) is 0.770. The van der Waals surface area contributed by atoms with Gasteiger partial charge in [0.25, 0.3) is 0 Å². The van der Waals surface area contributed by atoms with E-state index in [1.54, 1.807) is 0 Å². The van der Waals surface area contributed by atoms with Crippen molar-refractivity contribution in [2.45, 2.75) is 58.1 Å². The first-order valence-electron chi connectivity index (χ1n) is 9.66. The summed E-state index contributed by atoms with van der Waals surface area (Å²) in [6.45, 7) is 9.56. The minimum atomic E-state index is 0.129. The topological polar surface area (TPSA) is 41.5 Å². The van der Waals surface area contributed by atoms with Gasteiger partial charge in [-0.15, -0.1) is 0 Å². The normalized spacial score (nSPS) is 25.2. The number of fused-ring (bicyclic) bond motifs is 3. The summed E-state index contributed by atoms with van der Waals surface area (Å²) in [7, 11) is 0. The van der Waals surface area contributed by atoms with E-state index in [0.717, 1.165) is 25.0 Å². The number of hydrogen-bond donors (Lipinski definition) is 2. The lowest BCUT2D eigenvalue weighted by Crippen LogP contribution is -2.36. The van der Waals surface area contributed by atoms with Gasteiger partial charge in [-0.3, -0.25) is 0 Å². The van der Waals surface area contributed by atoms with Gasteiger partial charge in [-0.05, 0) is 54.0 Å². The van der Waals surface area contributed by atoms with Gasteiger partial charge in [-0.2, -0.15) is 0 Å². The van der Waals surface area contributed by atoms with Gasteiger partial charge < -0.3 is 15.2 Å². The van der Waals surface area contributed by atoms with E-state index >= 15 is 0 Å². The SMILES string of the molecule is Cc1cc(C2Nc3ccc(C(C)(C)C)cc3[C@H]3OCCC[C@@H]23)ccc1O. The molecule has 2 aromatic carbocycles. The molecule has 0 spiro atoms. The second-order valence-electron chi connectivity index (χ2n) is 8.82. The molecule has 1 fully saturated rings. The maximum absolute atomic E-state index is 9.89. The van der Waals surface area contributed by atoms with Crippen molar-refractivity contribution in [3.8, 4) is 5.75 Å². The number of phenols is 1. The fourth-order valence-corrected chi connectivity index (χ4v) is 4.34. The van der Waals surface area contributed by atoms with Crippen LogP contribution in [0.25, 0.3) is 0 Å². The quantitative estimate of drug-likeness (QED) is 0.699. The minimum Gasteiger partial charge on any atom is -0.508 e. The third-order valence-corrected chi connectivity index (χ3v) is 5.91. The van der Waals surface area contributed by atoms with Gasteiger partial charge in [0.1, 0.15) is 5.75 Å². The number of ether oxygens (including phenoxy) is 1. The number of hydrogen-bond acceptors (Lipinski definition) is 3. The highest BCUT2D eigenvalue weighted by Crippen LogP contribution is 2.50. The Morgan fingerprint density at radius 1 is 1.12 bits per heavy atom. The lowest BCUT2D eigenvalue weighted by atomic mass is 9.75. The Labute approximate surface area is 156 Å². The molecule has 4 rings (SSSR count). The lowest BCUT2D eigenvalue weighted by Gasteiger charge is -2.44. The van der Waals surface area contributed by atoms with Gasteiger partial charge in [0.05, 0.1) is 12.1 Å². The minimum absolute atomic E-state index is 0.129. The fraction of sp³-hybridized carbons (Fsp3) is 0.478. The Kier molecular flexibility index (Phi) is 4.23. The number of nitrogens with one attached hydrogen (secondary N) is 1. The molecule has 2 heterocycles. The highest BCUT2D eigenvalue weighted by atomic mass is 16.5. The molecule has 1 saturated heterocycles. The van der Waals surface area contributed by atoms with Crippen LogP contribution < -0.4 is 5.32 Å². The average Bonchev–Trinajstić information content (AvgIpc) is 2.62. The van der Waals surface area contributed by atoms with Crippen molar-refractivity contribution in [2.24, 2.45) is 5.92 Å². The van der Waals surface area contributed by atoms with Crippen LogP contribution in [0.15, 0.2) is 36.4 Å². The molecule has 0 aliphatic carbocycles. The van der Waals surface area contributed by atoms with Crippen LogP contribution in [0.1, 0.15) is 68.0 Å². The molecule has 2 aromatic rings. The first-order valence-corrected chi connectivity index (χ1v) is 9.66. The summed E-state index contributed by atoms with van der Waals surface area (Å²) < 4.78 is 6.29. The van der Waals surface area contributed by atoms with E-state index in [1.165, 1.54) is 22.4 Å². The zero-order chi connectivity index (χ0) is 18.5. The predicted molar refractivity (Wildman–Crippen MR) is 106 cm³/mol. The first kappa shape index (κ1) is 17.4. The van der Waals surface area contributed by atoms with Crippen LogP contribution in [0.4, 0.5) is 5.69 Å². The van der Waals surface area contributed by atoms with Crippen molar-refractivity contribution in [3.63, 3.8) is 0 Å². The van der Waals surface area contributed by atoms with Crippen LogP contribution in [0, 0.1) is 12.8 Å². The number of phenolic OH excluding ortho intramolecular Hbond substituents is 1. The van der Waals surface area contributed by atoms with Gasteiger partial charge in [-0.25, -0.2) is 0 Å². The summed E-state index contributed by atoms with van der Waals surface area (Å²) in [6, 6.07) is 13.0. The van der Waals surface area contributed by atoms with Crippen LogP contribution in [0.3, 0.4) is 0 Å². The second-order valence-corrected chi connectivity index (χ2v) is 8.82. The van der Waals surface area contributed by atoms with E-state index in [1.807, 2.05) is 19.1 Å². The highest BCUT2D eigenvalue weighted by molar-refractivity contribution is 5.59. The third kappa shape index (κ3) is 2.99. The Morgan fingerprint density at radius 2 is 1.92 bits per heavy atom. The summed E-state index contributed by atoms with van der Waals surface area (Å²) in [4.78, 5) is 0. The van der Waals surface area contributed by atoms with Gasteiger partial charge in [0.2, 0.25) is 0 Å². The molecule has 0 bridgehead atoms. The molecule has 2 aliphatic heterocycles. The molecule has 0 radical (unpaired) electrons. The highest BCUT2D eigenvalue weighted by Gasteiger charge is 2.40. The van der Waals surface area contributed by atoms with Crippen molar-refractivity contribution in [3.05, 3.63) is 58.7 Å². The third-order valence-electron chi connectivity index (χ3n) is 5.91. The van der Waals surface area contributed by atoms with Crippen LogP contribution in [-0.4, -0.2) is 11.7 Å². The molecule has 0 aromatic heterocycles. The predicted octanol–water partition coefficient (Wildman–Crippen LogP) is 5.63. The summed E-state index contributed by atoms with van der Waals surface area (Å²) in [6.07, 6.45) is 2.40. The van der Waals surface area contributed by atoms with Crippen molar-refractivity contribution >= 4 is 5.69 Å². The van der Waals surface area contributed by atoms with Crippen molar-refractivity contribution in [1.29, 1.82) is 0 Å². The van der Waals surface area contributed by atoms with E-state index < -0.39 is 0 Å². The maximum atomic E-state index is 9.89. The molecule has 0 saturated carbocycles. The smallest absolute Gasteiger partial charge is 0.118 e. The summed E-state index contributed by atoms with van der Waals surface area (Å²) >= 11 is 0. The van der Waals surface area contributed by atoms with E-state index in [2.05, 4.69) is 50.4 Å². The molecule has 3 heteroatoms. The van der Waals surface area contributed by atoms with Gasteiger partial charge in [-0.1, -0.05) is 45.0 Å². The Balaban J connectivity index is 1.77. The van der Waals surface area contributed by atoms with Gasteiger partial charge >= 0.3 is 0 Å². The van der Waals surface area contributed by atoms with Crippen molar-refractivity contribution in [1.82, 2.24) is 0 Å². The van der Waals surface area contributed by atoms with Crippen molar-refractivity contribution in [2.75, 3.05) is 11.9 Å². The fourth-order valence-electron chi connectivity index (χ4n) is 4.34. The molecular formula is C23H29NO2. The van der Waals surface area contributed by atoms with E-state index in [9.17, 15) is 5.11 Å². The average molecular weight is 351 g/mol. The lowest BCUT2D eigenvalue weighted by molar-refractivity contribution is -0.0382. The van der Waals surface area contributed by atoms with Gasteiger partial charge in [0, 0.05) is 23.8 Å². The molecule has 26 heavy (non-hydrogen) atoms. The van der Waals surface area contributed by atoms with Gasteiger partial charge in [0.15, 0.2) is 0 Å². The standard InChI is InChI=1S/C23H29NO2/c1-14-12-15(7-10-20(14)25)21-17-6-5-11-26-22(17)18-13-16(23(2,3)4)8-9-19(18)24-21/h7-10,12-13,17,21-22,24-25H,5-6,11H2,1-4H3/t17-,21?,22-/m0/s1. The zero-order valence-electron chi connectivity index (χ0n) is 16.2. The summed E-state index contributed by atoms with van der Waals surface area (Å²) in [5, 5.41) is 13.7. The number of rotatable bonds is 1. The molecule has 2 aliphatic rings. The Bertz CT molecular complexity index is 821. The second kappa shape index (κ2) is 6.31. The van der Waals surface area contributed by atoms with E-state index in [-0.39, 0.29) is 17.6 Å². The number of benzene rings is 2. The Hall–Kier alpha value is -2.00. The van der Waals surface area contributed by atoms with Crippen LogP contribution in [0.5, 0.6) is 5.75 Å². The van der Waals surface area contributed by atoms with E-state index in [4.69, 9.17) is 4.74 Å². The number of anilines is 1. The number of aromatic hydroxyl groups is 1. The number of aryl methyl sites for hydroxylation is 1. The van der Waals surface area contributed by atoms with E-state index in [0.29, 0.717) is 11.7 Å². The van der Waals surface area contributed by atoms with Crippen LogP contribution >= 0.6 is 0 Å². The molecule has 1 unspecified atom stereocenters. The molecule has 3 atom stereocenters. The summed E-state index contributed by atoms with van der Waals surface area (Å²) in [5.41, 5.74) is 6.11. The van der Waals surface area contributed by atoms with Crippen LogP contribution in [0.2, 0.25) is 0 Å². The Morgan fingerprint density at radius 3 is 2.65 bits per heavy atom. The molecule has 3 nitrogen and oxygen atoms in total.